The molecule has 7 heteroatoms. The lowest BCUT2D eigenvalue weighted by molar-refractivity contribution is 0.0952. The molecule has 2 aromatic rings. The fourth-order valence-corrected chi connectivity index (χ4v) is 3.27. The largest absolute Gasteiger partial charge is 0.352 e. The summed E-state index contributed by atoms with van der Waals surface area (Å²) in [5.74, 6) is -0.126. The summed E-state index contributed by atoms with van der Waals surface area (Å²) in [6.45, 7) is 5.48. The fraction of sp³-hybridized carbons (Fsp3) is 0.421. The molecule has 1 heterocycles. The second kappa shape index (κ2) is 8.51. The molecule has 142 valence electrons. The molecule has 26 heavy (non-hydrogen) atoms. The van der Waals surface area contributed by atoms with Crippen molar-refractivity contribution in [3.63, 3.8) is 0 Å². The van der Waals surface area contributed by atoms with E-state index in [2.05, 4.69) is 22.0 Å². The number of hydrogen-bond donors (Lipinski definition) is 1. The molecule has 6 nitrogen and oxygen atoms in total. The predicted octanol–water partition coefficient (Wildman–Crippen LogP) is 2.16. The Morgan fingerprint density at radius 2 is 1.85 bits per heavy atom. The SMILES string of the molecule is Cc1cc(C(=O)NCCCN(C)S(C)(=O)=O)c(C)n1Cc1ccccc1. The van der Waals surface area contributed by atoms with E-state index in [1.807, 2.05) is 38.1 Å². The minimum absolute atomic E-state index is 0.126. The molecule has 0 unspecified atom stereocenters. The standard InChI is InChI=1S/C19H27N3O3S/c1-15-13-18(16(2)22(15)14-17-9-6-5-7-10-17)19(23)20-11-8-12-21(3)26(4,24)25/h5-7,9-10,13H,8,11-12,14H2,1-4H3,(H,20,23). The summed E-state index contributed by atoms with van der Waals surface area (Å²) in [7, 11) is -1.64. The number of sulfonamides is 1. The molecule has 0 bridgehead atoms. The van der Waals surface area contributed by atoms with Gasteiger partial charge in [-0.2, -0.15) is 0 Å². The van der Waals surface area contributed by atoms with Crippen LogP contribution in [0, 0.1) is 13.8 Å². The number of rotatable bonds is 8. The summed E-state index contributed by atoms with van der Waals surface area (Å²) in [4.78, 5) is 12.5. The summed E-state index contributed by atoms with van der Waals surface area (Å²) in [6, 6.07) is 12.0. The molecular formula is C19H27N3O3S. The molecule has 0 atom stereocenters. The highest BCUT2D eigenvalue weighted by atomic mass is 32.2. The first-order valence-corrected chi connectivity index (χ1v) is 10.4. The molecule has 0 saturated carbocycles. The van der Waals surface area contributed by atoms with Crippen molar-refractivity contribution in [1.29, 1.82) is 0 Å². The Balaban J connectivity index is 1.96. The molecule has 0 aliphatic carbocycles. The van der Waals surface area contributed by atoms with Crippen LogP contribution in [-0.2, 0) is 16.6 Å². The van der Waals surface area contributed by atoms with Crippen LogP contribution in [0.15, 0.2) is 36.4 Å². The summed E-state index contributed by atoms with van der Waals surface area (Å²) in [5, 5.41) is 2.88. The van der Waals surface area contributed by atoms with Crippen molar-refractivity contribution in [3.05, 3.63) is 58.9 Å². The van der Waals surface area contributed by atoms with Crippen molar-refractivity contribution in [1.82, 2.24) is 14.2 Å². The lowest BCUT2D eigenvalue weighted by Gasteiger charge is -2.14. The van der Waals surface area contributed by atoms with E-state index in [1.54, 1.807) is 0 Å². The second-order valence-corrected chi connectivity index (χ2v) is 8.64. The molecule has 1 aromatic carbocycles. The lowest BCUT2D eigenvalue weighted by Crippen LogP contribution is -2.31. The minimum atomic E-state index is -3.18. The minimum Gasteiger partial charge on any atom is -0.352 e. The average Bonchev–Trinajstić information content (AvgIpc) is 2.86. The van der Waals surface area contributed by atoms with Gasteiger partial charge in [0.2, 0.25) is 10.0 Å². The lowest BCUT2D eigenvalue weighted by atomic mass is 10.2. The number of benzene rings is 1. The molecule has 0 aliphatic rings. The number of hydrogen-bond acceptors (Lipinski definition) is 3. The van der Waals surface area contributed by atoms with Gasteiger partial charge in [0.05, 0.1) is 11.8 Å². The maximum absolute atomic E-state index is 12.5. The molecule has 0 spiro atoms. The second-order valence-electron chi connectivity index (χ2n) is 6.55. The Bertz CT molecular complexity index is 858. The van der Waals surface area contributed by atoms with Gasteiger partial charge in [-0.05, 0) is 31.9 Å². The molecular weight excluding hydrogens is 350 g/mol. The predicted molar refractivity (Wildman–Crippen MR) is 104 cm³/mol. The van der Waals surface area contributed by atoms with Gasteiger partial charge < -0.3 is 9.88 Å². The zero-order valence-corrected chi connectivity index (χ0v) is 16.6. The average molecular weight is 378 g/mol. The smallest absolute Gasteiger partial charge is 0.253 e. The number of aromatic nitrogens is 1. The Kier molecular flexibility index (Phi) is 6.61. The number of nitrogens with zero attached hydrogens (tertiary/aromatic N) is 2. The highest BCUT2D eigenvalue weighted by Gasteiger charge is 2.16. The first kappa shape index (κ1) is 20.2. The Morgan fingerprint density at radius 3 is 2.46 bits per heavy atom. The van der Waals surface area contributed by atoms with Gasteiger partial charge in [-0.1, -0.05) is 30.3 Å². The van der Waals surface area contributed by atoms with Gasteiger partial charge in [-0.25, -0.2) is 12.7 Å². The van der Waals surface area contributed by atoms with Gasteiger partial charge in [0.1, 0.15) is 0 Å². The number of nitrogens with one attached hydrogen (secondary N) is 1. The Labute approximate surface area is 155 Å². The topological polar surface area (TPSA) is 71.4 Å². The van der Waals surface area contributed by atoms with Crippen LogP contribution in [-0.4, -0.2) is 49.6 Å². The normalized spacial score (nSPS) is 11.7. The van der Waals surface area contributed by atoms with Gasteiger partial charge in [-0.3, -0.25) is 4.79 Å². The van der Waals surface area contributed by atoms with E-state index in [4.69, 9.17) is 0 Å². The monoisotopic (exact) mass is 377 g/mol. The van der Waals surface area contributed by atoms with E-state index in [0.717, 1.165) is 17.9 Å². The van der Waals surface area contributed by atoms with Crippen molar-refractivity contribution in [2.75, 3.05) is 26.4 Å². The highest BCUT2D eigenvalue weighted by molar-refractivity contribution is 7.88. The maximum Gasteiger partial charge on any atom is 0.253 e. The quantitative estimate of drug-likeness (QED) is 0.717. The molecule has 0 fully saturated rings. The fourth-order valence-electron chi connectivity index (χ4n) is 2.80. The third-order valence-electron chi connectivity index (χ3n) is 4.50. The van der Waals surface area contributed by atoms with Crippen molar-refractivity contribution >= 4 is 15.9 Å². The molecule has 1 amide bonds. The van der Waals surface area contributed by atoms with Gasteiger partial charge in [0, 0.05) is 38.1 Å². The van der Waals surface area contributed by atoms with Crippen LogP contribution in [0.3, 0.4) is 0 Å². The molecule has 0 aliphatic heterocycles. The van der Waals surface area contributed by atoms with Crippen molar-refractivity contribution in [2.24, 2.45) is 0 Å². The van der Waals surface area contributed by atoms with Crippen molar-refractivity contribution in [3.8, 4) is 0 Å². The summed E-state index contributed by atoms with van der Waals surface area (Å²) in [5.41, 5.74) is 3.81. The van der Waals surface area contributed by atoms with Crippen LogP contribution in [0.5, 0.6) is 0 Å². The van der Waals surface area contributed by atoms with Crippen LogP contribution < -0.4 is 5.32 Å². The third-order valence-corrected chi connectivity index (χ3v) is 5.82. The summed E-state index contributed by atoms with van der Waals surface area (Å²) < 4.78 is 26.1. The molecule has 2 rings (SSSR count). The first-order valence-electron chi connectivity index (χ1n) is 8.60. The third kappa shape index (κ3) is 5.19. The zero-order chi connectivity index (χ0) is 19.3. The van der Waals surface area contributed by atoms with Crippen LogP contribution >= 0.6 is 0 Å². The van der Waals surface area contributed by atoms with E-state index in [-0.39, 0.29) is 5.91 Å². The van der Waals surface area contributed by atoms with Crippen molar-refractivity contribution < 1.29 is 13.2 Å². The van der Waals surface area contributed by atoms with Gasteiger partial charge in [0.25, 0.3) is 5.91 Å². The van der Waals surface area contributed by atoms with E-state index in [9.17, 15) is 13.2 Å². The summed E-state index contributed by atoms with van der Waals surface area (Å²) in [6.07, 6.45) is 1.74. The van der Waals surface area contributed by atoms with Gasteiger partial charge >= 0.3 is 0 Å². The molecule has 1 aromatic heterocycles. The van der Waals surface area contributed by atoms with Crippen LogP contribution in [0.1, 0.15) is 33.7 Å². The molecule has 0 radical (unpaired) electrons. The van der Waals surface area contributed by atoms with Crippen LogP contribution in [0.4, 0.5) is 0 Å². The maximum atomic E-state index is 12.5. The van der Waals surface area contributed by atoms with Gasteiger partial charge in [0.15, 0.2) is 0 Å². The van der Waals surface area contributed by atoms with Gasteiger partial charge in [-0.15, -0.1) is 0 Å². The van der Waals surface area contributed by atoms with Crippen LogP contribution in [0.2, 0.25) is 0 Å². The van der Waals surface area contributed by atoms with E-state index in [1.165, 1.54) is 23.2 Å². The van der Waals surface area contributed by atoms with Crippen molar-refractivity contribution in [2.45, 2.75) is 26.8 Å². The zero-order valence-electron chi connectivity index (χ0n) is 15.8. The summed E-state index contributed by atoms with van der Waals surface area (Å²) >= 11 is 0. The number of carbonyl (C=O) groups excluding carboxylic acids is 1. The number of amides is 1. The Morgan fingerprint density at radius 1 is 1.19 bits per heavy atom. The van der Waals surface area contributed by atoms with E-state index < -0.39 is 10.0 Å². The number of aryl methyl sites for hydroxylation is 1. The van der Waals surface area contributed by atoms with E-state index in [0.29, 0.717) is 25.1 Å². The number of carbonyl (C=O) groups is 1. The first-order chi connectivity index (χ1) is 12.2. The van der Waals surface area contributed by atoms with E-state index >= 15 is 0 Å². The molecule has 0 saturated heterocycles. The van der Waals surface area contributed by atoms with Crippen LogP contribution in [0.25, 0.3) is 0 Å². The Hall–Kier alpha value is -2.12. The highest BCUT2D eigenvalue weighted by Crippen LogP contribution is 2.17. The molecule has 1 N–H and O–H groups in total.